The van der Waals surface area contributed by atoms with Crippen LogP contribution in [0.5, 0.6) is 0 Å². The Morgan fingerprint density at radius 2 is 1.89 bits per heavy atom. The van der Waals surface area contributed by atoms with Crippen LogP contribution >= 0.6 is 0 Å². The van der Waals surface area contributed by atoms with Crippen LogP contribution in [0.4, 0.5) is 0 Å². The predicted octanol–water partition coefficient (Wildman–Crippen LogP) is 3.51. The molecule has 0 spiro atoms. The minimum absolute atomic E-state index is 0.123. The molecule has 2 aromatic rings. The van der Waals surface area contributed by atoms with E-state index in [-0.39, 0.29) is 16.2 Å². The molecule has 2 heterocycles. The molecule has 1 aliphatic heterocycles. The summed E-state index contributed by atoms with van der Waals surface area (Å²) in [7, 11) is -3.81. The molecule has 0 aliphatic carbocycles. The van der Waals surface area contributed by atoms with Crippen molar-refractivity contribution >= 4 is 20.9 Å². The number of hydrogen-bond donors (Lipinski definition) is 1. The fraction of sp³-hybridized carbons (Fsp3) is 0.667. The zero-order valence-electron chi connectivity index (χ0n) is 17.5. The lowest BCUT2D eigenvalue weighted by atomic mass is 9.94. The Morgan fingerprint density at radius 3 is 2.46 bits per heavy atom. The fourth-order valence-corrected chi connectivity index (χ4v) is 5.26. The summed E-state index contributed by atoms with van der Waals surface area (Å²) < 4.78 is 33.2. The molecule has 1 aromatic heterocycles. The van der Waals surface area contributed by atoms with Crippen molar-refractivity contribution in [3.05, 3.63) is 24.0 Å². The lowest BCUT2D eigenvalue weighted by molar-refractivity contribution is 0.0611. The van der Waals surface area contributed by atoms with Crippen molar-refractivity contribution < 1.29 is 18.3 Å². The lowest BCUT2D eigenvalue weighted by Gasteiger charge is -2.26. The number of aromatic nitrogens is 2. The maximum absolute atomic E-state index is 12.7. The van der Waals surface area contributed by atoms with Gasteiger partial charge in [0.05, 0.1) is 15.9 Å². The van der Waals surface area contributed by atoms with Gasteiger partial charge in [0.1, 0.15) is 5.82 Å². The molecule has 0 amide bonds. The van der Waals surface area contributed by atoms with Crippen molar-refractivity contribution in [1.29, 1.82) is 0 Å². The van der Waals surface area contributed by atoms with Gasteiger partial charge in [-0.2, -0.15) is 0 Å². The maximum Gasteiger partial charge on any atom is 0.205 e. The first kappa shape index (κ1) is 21.3. The van der Waals surface area contributed by atoms with E-state index in [1.807, 2.05) is 6.07 Å². The van der Waals surface area contributed by atoms with Crippen LogP contribution in [0.15, 0.2) is 23.1 Å². The third-order valence-corrected chi connectivity index (χ3v) is 7.48. The van der Waals surface area contributed by atoms with Crippen molar-refractivity contribution in [2.75, 3.05) is 13.2 Å². The number of aliphatic hydroxyl groups excluding tert-OH is 1. The SMILES string of the molecule is CC(C)C(O)S(=O)(=O)c1ccc2c(c1)nc(C(C)(C)C)n2CC1CCOCC1. The quantitative estimate of drug-likeness (QED) is 0.819. The molecule has 0 saturated carbocycles. The summed E-state index contributed by atoms with van der Waals surface area (Å²) in [6.45, 7) is 12.2. The van der Waals surface area contributed by atoms with E-state index in [0.717, 1.165) is 43.9 Å². The van der Waals surface area contributed by atoms with Gasteiger partial charge in [-0.25, -0.2) is 13.4 Å². The minimum atomic E-state index is -3.81. The van der Waals surface area contributed by atoms with Crippen molar-refractivity contribution in [2.24, 2.45) is 11.8 Å². The van der Waals surface area contributed by atoms with Gasteiger partial charge in [-0.15, -0.1) is 0 Å². The van der Waals surface area contributed by atoms with Gasteiger partial charge in [0, 0.05) is 25.2 Å². The van der Waals surface area contributed by atoms with E-state index in [9.17, 15) is 13.5 Å². The molecule has 0 radical (unpaired) electrons. The van der Waals surface area contributed by atoms with Gasteiger partial charge in [0.25, 0.3) is 0 Å². The summed E-state index contributed by atoms with van der Waals surface area (Å²) in [6.07, 6.45) is 2.05. The highest BCUT2D eigenvalue weighted by atomic mass is 32.2. The Hall–Kier alpha value is -1.44. The van der Waals surface area contributed by atoms with Crippen molar-refractivity contribution in [2.45, 2.75) is 69.8 Å². The molecule has 156 valence electrons. The summed E-state index contributed by atoms with van der Waals surface area (Å²) in [5.41, 5.74) is 0.0144. The predicted molar refractivity (Wildman–Crippen MR) is 110 cm³/mol. The van der Waals surface area contributed by atoms with E-state index < -0.39 is 15.3 Å². The number of aliphatic hydroxyl groups is 1. The number of benzene rings is 1. The molecule has 6 nitrogen and oxygen atoms in total. The molecule has 7 heteroatoms. The first-order valence-corrected chi connectivity index (χ1v) is 11.6. The first-order valence-electron chi connectivity index (χ1n) is 10.0. The number of nitrogens with zero attached hydrogens (tertiary/aromatic N) is 2. The van der Waals surface area contributed by atoms with Crippen molar-refractivity contribution in [3.8, 4) is 0 Å². The topological polar surface area (TPSA) is 81.4 Å². The van der Waals surface area contributed by atoms with Crippen LogP contribution in [0.2, 0.25) is 0 Å². The van der Waals surface area contributed by atoms with Crippen LogP contribution in [-0.2, 0) is 26.5 Å². The van der Waals surface area contributed by atoms with Crippen LogP contribution in [0, 0.1) is 11.8 Å². The fourth-order valence-electron chi connectivity index (χ4n) is 3.73. The molecule has 0 bridgehead atoms. The Bertz CT molecular complexity index is 935. The third kappa shape index (κ3) is 4.11. The second-order valence-corrected chi connectivity index (χ2v) is 11.2. The molecule has 1 atom stereocenters. The summed E-state index contributed by atoms with van der Waals surface area (Å²) in [5, 5.41) is 10.2. The second-order valence-electron chi connectivity index (χ2n) is 9.18. The molecular weight excluding hydrogens is 376 g/mol. The van der Waals surface area contributed by atoms with Crippen LogP contribution in [-0.4, -0.2) is 41.7 Å². The van der Waals surface area contributed by atoms with E-state index in [0.29, 0.717) is 11.4 Å². The number of imidazole rings is 1. The first-order chi connectivity index (χ1) is 13.0. The average molecular weight is 409 g/mol. The van der Waals surface area contributed by atoms with E-state index >= 15 is 0 Å². The van der Waals surface area contributed by atoms with Crippen LogP contribution < -0.4 is 0 Å². The molecule has 1 fully saturated rings. The van der Waals surface area contributed by atoms with Gasteiger partial charge in [0.15, 0.2) is 5.44 Å². The number of rotatable bonds is 5. The van der Waals surface area contributed by atoms with Gasteiger partial charge in [-0.05, 0) is 42.9 Å². The molecule has 1 saturated heterocycles. The molecule has 28 heavy (non-hydrogen) atoms. The summed E-state index contributed by atoms with van der Waals surface area (Å²) in [4.78, 5) is 4.94. The Labute approximate surface area is 167 Å². The minimum Gasteiger partial charge on any atom is -0.381 e. The molecule has 1 aromatic carbocycles. The number of sulfone groups is 1. The van der Waals surface area contributed by atoms with Crippen LogP contribution in [0.3, 0.4) is 0 Å². The van der Waals surface area contributed by atoms with E-state index in [4.69, 9.17) is 9.72 Å². The maximum atomic E-state index is 12.7. The highest BCUT2D eigenvalue weighted by Gasteiger charge is 2.30. The standard InChI is InChI=1S/C21H32N2O4S/c1-14(2)19(24)28(25,26)16-6-7-18-17(12-16)22-20(21(3,4)5)23(18)13-15-8-10-27-11-9-15/h6-7,12,14-15,19,24H,8-11,13H2,1-5H3. The molecule has 1 unspecified atom stereocenters. The highest BCUT2D eigenvalue weighted by Crippen LogP contribution is 2.31. The Kier molecular flexibility index (Phi) is 5.90. The normalized spacial score (nSPS) is 18.1. The van der Waals surface area contributed by atoms with Gasteiger partial charge in [-0.1, -0.05) is 34.6 Å². The van der Waals surface area contributed by atoms with Crippen molar-refractivity contribution in [3.63, 3.8) is 0 Å². The number of fused-ring (bicyclic) bond motifs is 1. The zero-order chi connectivity index (χ0) is 20.7. The largest absolute Gasteiger partial charge is 0.381 e. The van der Waals surface area contributed by atoms with Gasteiger partial charge >= 0.3 is 0 Å². The van der Waals surface area contributed by atoms with E-state index in [2.05, 4.69) is 25.3 Å². The van der Waals surface area contributed by atoms with Gasteiger partial charge in [-0.3, -0.25) is 0 Å². The van der Waals surface area contributed by atoms with Gasteiger partial charge < -0.3 is 14.4 Å². The Balaban J connectivity index is 2.07. The van der Waals surface area contributed by atoms with E-state index in [1.165, 1.54) is 0 Å². The second kappa shape index (κ2) is 7.76. The smallest absolute Gasteiger partial charge is 0.205 e. The molecule has 1 N–H and O–H groups in total. The molecule has 1 aliphatic rings. The van der Waals surface area contributed by atoms with Crippen LogP contribution in [0.1, 0.15) is 53.3 Å². The van der Waals surface area contributed by atoms with E-state index in [1.54, 1.807) is 26.0 Å². The number of hydrogen-bond acceptors (Lipinski definition) is 5. The number of ether oxygens (including phenoxy) is 1. The summed E-state index contributed by atoms with van der Waals surface area (Å²) in [6, 6.07) is 5.03. The zero-order valence-corrected chi connectivity index (χ0v) is 18.3. The van der Waals surface area contributed by atoms with Gasteiger partial charge in [0.2, 0.25) is 9.84 Å². The lowest BCUT2D eigenvalue weighted by Crippen LogP contribution is -2.26. The third-order valence-electron chi connectivity index (χ3n) is 5.39. The molecular formula is C21H32N2O4S. The Morgan fingerprint density at radius 1 is 1.25 bits per heavy atom. The summed E-state index contributed by atoms with van der Waals surface area (Å²) in [5.74, 6) is 1.10. The summed E-state index contributed by atoms with van der Waals surface area (Å²) >= 11 is 0. The van der Waals surface area contributed by atoms with Crippen molar-refractivity contribution in [1.82, 2.24) is 9.55 Å². The average Bonchev–Trinajstić information content (AvgIpc) is 3.00. The molecule has 3 rings (SSSR count). The highest BCUT2D eigenvalue weighted by molar-refractivity contribution is 7.91. The monoisotopic (exact) mass is 408 g/mol. The van der Waals surface area contributed by atoms with Crippen LogP contribution in [0.25, 0.3) is 11.0 Å².